The molecule has 156 valence electrons. The zero-order chi connectivity index (χ0) is 20.9. The average molecular weight is 421 g/mol. The number of ether oxygens (including phenoxy) is 1. The lowest BCUT2D eigenvalue weighted by molar-refractivity contribution is -0.150. The first kappa shape index (κ1) is 22.3. The van der Waals surface area contributed by atoms with E-state index in [1.54, 1.807) is 13.8 Å². The number of nitrogens with one attached hydrogen (secondary N) is 2. The summed E-state index contributed by atoms with van der Waals surface area (Å²) in [5.41, 5.74) is -0.698. The third kappa shape index (κ3) is 6.29. The number of esters is 1. The van der Waals surface area contributed by atoms with Crippen molar-refractivity contribution in [1.29, 1.82) is 0 Å². The Morgan fingerprint density at radius 1 is 1.25 bits per heavy atom. The highest BCUT2D eigenvalue weighted by Gasteiger charge is 2.32. The molecule has 1 amide bonds. The van der Waals surface area contributed by atoms with E-state index in [1.165, 1.54) is 6.07 Å². The summed E-state index contributed by atoms with van der Waals surface area (Å²) in [6, 6.07) is 2.10. The van der Waals surface area contributed by atoms with Crippen LogP contribution in [-0.2, 0) is 20.5 Å². The van der Waals surface area contributed by atoms with Crippen LogP contribution in [0.3, 0.4) is 0 Å². The molecule has 9 heteroatoms. The molecule has 2 rings (SSSR count). The molecule has 0 bridgehead atoms. The minimum absolute atomic E-state index is 0.121. The largest absolute Gasteiger partial charge is 0.454 e. The van der Waals surface area contributed by atoms with Gasteiger partial charge in [0.25, 0.3) is 5.91 Å². The van der Waals surface area contributed by atoms with Gasteiger partial charge in [0.1, 0.15) is 6.04 Å². The standard InChI is InChI=1S/C19H24ClF3N2O3/c1-11(2)17(18(27)28-10-16(26)24-13-5-3-4-6-13)25-15-8-7-12(9-14(15)20)19(21,22)23/h7-9,11,13,17,25H,3-6,10H2,1-2H3,(H,24,26)/t17-/m0/s1. The number of hydrogen-bond acceptors (Lipinski definition) is 4. The van der Waals surface area contributed by atoms with Crippen LogP contribution < -0.4 is 10.6 Å². The van der Waals surface area contributed by atoms with Gasteiger partial charge in [0.05, 0.1) is 16.3 Å². The average Bonchev–Trinajstić information content (AvgIpc) is 3.10. The molecule has 0 aromatic heterocycles. The lowest BCUT2D eigenvalue weighted by Crippen LogP contribution is -2.40. The van der Waals surface area contributed by atoms with Gasteiger partial charge in [0.15, 0.2) is 6.61 Å². The van der Waals surface area contributed by atoms with Crippen LogP contribution in [0.5, 0.6) is 0 Å². The summed E-state index contributed by atoms with van der Waals surface area (Å²) in [7, 11) is 0. The van der Waals surface area contributed by atoms with E-state index in [0.29, 0.717) is 0 Å². The maximum atomic E-state index is 12.7. The van der Waals surface area contributed by atoms with Crippen LogP contribution in [0.2, 0.25) is 5.02 Å². The maximum absolute atomic E-state index is 12.7. The van der Waals surface area contributed by atoms with Crippen LogP contribution in [0.4, 0.5) is 18.9 Å². The summed E-state index contributed by atoms with van der Waals surface area (Å²) in [6.45, 7) is 3.09. The fourth-order valence-electron chi connectivity index (χ4n) is 3.04. The quantitative estimate of drug-likeness (QED) is 0.642. The molecule has 1 fully saturated rings. The van der Waals surface area contributed by atoms with E-state index >= 15 is 0 Å². The van der Waals surface area contributed by atoms with Gasteiger partial charge in [-0.2, -0.15) is 13.2 Å². The van der Waals surface area contributed by atoms with Gasteiger partial charge in [-0.05, 0) is 37.0 Å². The van der Waals surface area contributed by atoms with Crippen molar-refractivity contribution in [3.63, 3.8) is 0 Å². The number of amides is 1. The van der Waals surface area contributed by atoms with Gasteiger partial charge in [-0.25, -0.2) is 4.79 Å². The lowest BCUT2D eigenvalue weighted by atomic mass is 10.0. The summed E-state index contributed by atoms with van der Waals surface area (Å²) in [6.07, 6.45) is -0.536. The van der Waals surface area contributed by atoms with Gasteiger partial charge in [0, 0.05) is 6.04 Å². The second-order valence-electron chi connectivity index (χ2n) is 7.22. The van der Waals surface area contributed by atoms with Crippen molar-refractivity contribution >= 4 is 29.2 Å². The number of carbonyl (C=O) groups excluding carboxylic acids is 2. The predicted molar refractivity (Wildman–Crippen MR) is 100 cm³/mol. The highest BCUT2D eigenvalue weighted by molar-refractivity contribution is 6.33. The van der Waals surface area contributed by atoms with Crippen LogP contribution in [0.25, 0.3) is 0 Å². The third-order valence-corrected chi connectivity index (χ3v) is 4.91. The van der Waals surface area contributed by atoms with Gasteiger partial charge in [0.2, 0.25) is 0 Å². The Balaban J connectivity index is 1.96. The minimum atomic E-state index is -4.51. The molecule has 1 aliphatic rings. The van der Waals surface area contributed by atoms with E-state index in [9.17, 15) is 22.8 Å². The SMILES string of the molecule is CC(C)[C@H](Nc1ccc(C(F)(F)F)cc1Cl)C(=O)OCC(=O)NC1CCCC1. The van der Waals surface area contributed by atoms with Crippen LogP contribution in [0.15, 0.2) is 18.2 Å². The fraction of sp³-hybridized carbons (Fsp3) is 0.579. The van der Waals surface area contributed by atoms with Crippen molar-refractivity contribution in [1.82, 2.24) is 5.32 Å². The summed E-state index contributed by atoms with van der Waals surface area (Å²) in [5.74, 6) is -1.29. The molecule has 1 aromatic rings. The molecule has 5 nitrogen and oxygen atoms in total. The molecule has 1 saturated carbocycles. The summed E-state index contributed by atoms with van der Waals surface area (Å²) in [5, 5.41) is 5.47. The summed E-state index contributed by atoms with van der Waals surface area (Å²) in [4.78, 5) is 24.3. The number of benzene rings is 1. The minimum Gasteiger partial charge on any atom is -0.454 e. The molecule has 0 saturated heterocycles. The zero-order valence-corrected chi connectivity index (χ0v) is 16.5. The second kappa shape index (κ2) is 9.49. The number of halogens is 4. The van der Waals surface area contributed by atoms with E-state index in [1.807, 2.05) is 0 Å². The van der Waals surface area contributed by atoms with Crippen molar-refractivity contribution in [2.45, 2.75) is 57.8 Å². The van der Waals surface area contributed by atoms with Crippen molar-refractivity contribution in [3.05, 3.63) is 28.8 Å². The monoisotopic (exact) mass is 420 g/mol. The molecule has 0 heterocycles. The highest BCUT2D eigenvalue weighted by atomic mass is 35.5. The smallest absolute Gasteiger partial charge is 0.416 e. The first-order valence-electron chi connectivity index (χ1n) is 9.17. The Hall–Kier alpha value is -1.96. The number of alkyl halides is 3. The normalized spacial score (nSPS) is 16.1. The molecule has 2 N–H and O–H groups in total. The first-order chi connectivity index (χ1) is 13.1. The van der Waals surface area contributed by atoms with E-state index in [0.717, 1.165) is 37.8 Å². The number of carbonyl (C=O) groups is 2. The lowest BCUT2D eigenvalue weighted by Gasteiger charge is -2.23. The van der Waals surface area contributed by atoms with E-state index in [4.69, 9.17) is 16.3 Å². The van der Waals surface area contributed by atoms with Gasteiger partial charge in [-0.1, -0.05) is 38.3 Å². The molecule has 0 radical (unpaired) electrons. The molecule has 0 aliphatic heterocycles. The van der Waals surface area contributed by atoms with Crippen LogP contribution in [0, 0.1) is 5.92 Å². The predicted octanol–water partition coefficient (Wildman–Crippen LogP) is 4.40. The van der Waals surface area contributed by atoms with Gasteiger partial charge in [-0.3, -0.25) is 4.79 Å². The molecular formula is C19H24ClF3N2O3. The number of anilines is 1. The Morgan fingerprint density at radius 2 is 1.89 bits per heavy atom. The molecule has 0 unspecified atom stereocenters. The number of hydrogen-bond donors (Lipinski definition) is 2. The van der Waals surface area contributed by atoms with Gasteiger partial charge < -0.3 is 15.4 Å². The second-order valence-corrected chi connectivity index (χ2v) is 7.62. The third-order valence-electron chi connectivity index (χ3n) is 4.59. The van der Waals surface area contributed by atoms with E-state index in [2.05, 4.69) is 10.6 Å². The molecule has 1 aromatic carbocycles. The van der Waals surface area contributed by atoms with Crippen LogP contribution in [0.1, 0.15) is 45.1 Å². The number of rotatable bonds is 7. The molecule has 1 aliphatic carbocycles. The van der Waals surface area contributed by atoms with Crippen LogP contribution in [-0.4, -0.2) is 30.6 Å². The summed E-state index contributed by atoms with van der Waals surface area (Å²) >= 11 is 5.93. The molecule has 0 spiro atoms. The Labute approximate surface area is 167 Å². The molecule has 28 heavy (non-hydrogen) atoms. The Bertz CT molecular complexity index is 704. The maximum Gasteiger partial charge on any atom is 0.416 e. The Morgan fingerprint density at radius 3 is 2.43 bits per heavy atom. The fourth-order valence-corrected chi connectivity index (χ4v) is 3.27. The summed E-state index contributed by atoms with van der Waals surface area (Å²) < 4.78 is 43.3. The highest BCUT2D eigenvalue weighted by Crippen LogP contribution is 2.34. The van der Waals surface area contributed by atoms with Crippen molar-refractivity contribution in [2.75, 3.05) is 11.9 Å². The molecule has 1 atom stereocenters. The van der Waals surface area contributed by atoms with E-state index < -0.39 is 30.4 Å². The first-order valence-corrected chi connectivity index (χ1v) is 9.55. The molecular weight excluding hydrogens is 397 g/mol. The van der Waals surface area contributed by atoms with Gasteiger partial charge >= 0.3 is 12.1 Å². The van der Waals surface area contributed by atoms with E-state index in [-0.39, 0.29) is 28.6 Å². The zero-order valence-electron chi connectivity index (χ0n) is 15.7. The van der Waals surface area contributed by atoms with Crippen molar-refractivity contribution in [2.24, 2.45) is 5.92 Å². The topological polar surface area (TPSA) is 67.4 Å². The van der Waals surface area contributed by atoms with Crippen molar-refractivity contribution < 1.29 is 27.5 Å². The Kier molecular flexibility index (Phi) is 7.57. The van der Waals surface area contributed by atoms with Crippen molar-refractivity contribution in [3.8, 4) is 0 Å². The van der Waals surface area contributed by atoms with Gasteiger partial charge in [-0.15, -0.1) is 0 Å². The van der Waals surface area contributed by atoms with Crippen LogP contribution >= 0.6 is 11.6 Å².